The van der Waals surface area contributed by atoms with Crippen molar-refractivity contribution in [1.29, 1.82) is 0 Å². The Labute approximate surface area is 103 Å². The highest BCUT2D eigenvalue weighted by molar-refractivity contribution is 7.89. The summed E-state index contributed by atoms with van der Waals surface area (Å²) in [5.74, 6) is 0.433. The Balaban J connectivity index is 2.12. The molecule has 0 aromatic heterocycles. The van der Waals surface area contributed by atoms with Crippen LogP contribution in [0.25, 0.3) is 0 Å². The molecule has 3 nitrogen and oxygen atoms in total. The molecule has 2 rings (SSSR count). The Kier molecular flexibility index (Phi) is 3.84. The minimum atomic E-state index is -3.34. The van der Waals surface area contributed by atoms with Crippen LogP contribution in [-0.4, -0.2) is 14.5 Å². The van der Waals surface area contributed by atoms with E-state index in [0.29, 0.717) is 10.8 Å². The second-order valence-corrected chi connectivity index (χ2v) is 6.52. The van der Waals surface area contributed by atoms with Crippen molar-refractivity contribution in [1.82, 2.24) is 4.72 Å². The van der Waals surface area contributed by atoms with Crippen molar-refractivity contribution in [3.05, 3.63) is 30.3 Å². The molecule has 2 unspecified atom stereocenters. The summed E-state index contributed by atoms with van der Waals surface area (Å²) in [6.07, 6.45) is 4.40. The fourth-order valence-electron chi connectivity index (χ4n) is 2.36. The van der Waals surface area contributed by atoms with E-state index in [1.807, 2.05) is 6.07 Å². The van der Waals surface area contributed by atoms with Gasteiger partial charge in [0, 0.05) is 6.04 Å². The summed E-state index contributed by atoms with van der Waals surface area (Å²) in [5.41, 5.74) is 0. The smallest absolute Gasteiger partial charge is 0.208 e. The van der Waals surface area contributed by atoms with Crippen LogP contribution in [0.1, 0.15) is 32.6 Å². The van der Waals surface area contributed by atoms with Crippen molar-refractivity contribution in [2.24, 2.45) is 5.92 Å². The van der Waals surface area contributed by atoms with E-state index in [4.69, 9.17) is 0 Å². The van der Waals surface area contributed by atoms with Gasteiger partial charge in [-0.2, -0.15) is 0 Å². The first kappa shape index (κ1) is 12.6. The van der Waals surface area contributed by atoms with E-state index in [0.717, 1.165) is 19.3 Å². The minimum Gasteiger partial charge on any atom is -0.208 e. The summed E-state index contributed by atoms with van der Waals surface area (Å²) in [4.78, 5) is 0.359. The third kappa shape index (κ3) is 3.07. The van der Waals surface area contributed by atoms with Crippen LogP contribution in [0.3, 0.4) is 0 Å². The molecule has 0 heterocycles. The maximum Gasteiger partial charge on any atom is 0.240 e. The molecule has 0 saturated heterocycles. The highest BCUT2D eigenvalue weighted by Crippen LogP contribution is 2.25. The monoisotopic (exact) mass is 253 g/mol. The molecule has 1 aliphatic carbocycles. The van der Waals surface area contributed by atoms with Crippen molar-refractivity contribution >= 4 is 10.0 Å². The van der Waals surface area contributed by atoms with Gasteiger partial charge in [0.2, 0.25) is 10.0 Å². The van der Waals surface area contributed by atoms with Crippen LogP contribution >= 0.6 is 0 Å². The molecule has 0 spiro atoms. The lowest BCUT2D eigenvalue weighted by Crippen LogP contribution is -2.40. The minimum absolute atomic E-state index is 0.0916. The van der Waals surface area contributed by atoms with Crippen molar-refractivity contribution in [3.63, 3.8) is 0 Å². The Hall–Kier alpha value is -0.870. The molecule has 94 valence electrons. The van der Waals surface area contributed by atoms with Gasteiger partial charge < -0.3 is 0 Å². The molecule has 1 fully saturated rings. The molecule has 4 heteroatoms. The second kappa shape index (κ2) is 5.19. The van der Waals surface area contributed by atoms with E-state index in [-0.39, 0.29) is 6.04 Å². The third-order valence-corrected chi connectivity index (χ3v) is 4.98. The standard InChI is InChI=1S/C13H19NO2S/c1-11-7-5-6-10-13(11)14-17(15,16)12-8-3-2-4-9-12/h2-4,8-9,11,13-14H,5-7,10H2,1H3. The molecular formula is C13H19NO2S. The lowest BCUT2D eigenvalue weighted by atomic mass is 9.87. The zero-order valence-electron chi connectivity index (χ0n) is 10.1. The van der Waals surface area contributed by atoms with Gasteiger partial charge in [-0.25, -0.2) is 13.1 Å². The predicted molar refractivity (Wildman–Crippen MR) is 68.2 cm³/mol. The average Bonchev–Trinajstić information content (AvgIpc) is 2.33. The Bertz CT molecular complexity index is 456. The Morgan fingerprint density at radius 2 is 1.76 bits per heavy atom. The van der Waals surface area contributed by atoms with E-state index >= 15 is 0 Å². The quantitative estimate of drug-likeness (QED) is 0.899. The Morgan fingerprint density at radius 1 is 1.12 bits per heavy atom. The predicted octanol–water partition coefficient (Wildman–Crippen LogP) is 2.54. The van der Waals surface area contributed by atoms with Crippen LogP contribution in [0.2, 0.25) is 0 Å². The molecule has 0 aliphatic heterocycles. The van der Waals surface area contributed by atoms with Crippen LogP contribution < -0.4 is 4.72 Å². The summed E-state index contributed by atoms with van der Waals surface area (Å²) < 4.78 is 27.1. The van der Waals surface area contributed by atoms with E-state index in [1.54, 1.807) is 24.3 Å². The van der Waals surface area contributed by atoms with Gasteiger partial charge in [0.25, 0.3) is 0 Å². The van der Waals surface area contributed by atoms with Gasteiger partial charge in [0.15, 0.2) is 0 Å². The summed E-state index contributed by atoms with van der Waals surface area (Å²) in [5, 5.41) is 0. The first-order chi connectivity index (χ1) is 8.09. The summed E-state index contributed by atoms with van der Waals surface area (Å²) in [6, 6.07) is 8.68. The molecule has 1 saturated carbocycles. The molecule has 1 aromatic carbocycles. The fraction of sp³-hybridized carbons (Fsp3) is 0.538. The van der Waals surface area contributed by atoms with Gasteiger partial charge in [-0.1, -0.05) is 38.0 Å². The number of sulfonamides is 1. The van der Waals surface area contributed by atoms with E-state index in [9.17, 15) is 8.42 Å². The summed E-state index contributed by atoms with van der Waals surface area (Å²) in [7, 11) is -3.34. The number of rotatable bonds is 3. The summed E-state index contributed by atoms with van der Waals surface area (Å²) >= 11 is 0. The van der Waals surface area contributed by atoms with Gasteiger partial charge in [0.1, 0.15) is 0 Å². The largest absolute Gasteiger partial charge is 0.240 e. The molecule has 17 heavy (non-hydrogen) atoms. The van der Waals surface area contributed by atoms with E-state index < -0.39 is 10.0 Å². The van der Waals surface area contributed by atoms with Crippen LogP contribution in [0.4, 0.5) is 0 Å². The highest BCUT2D eigenvalue weighted by Gasteiger charge is 2.26. The molecule has 1 aromatic rings. The van der Waals surface area contributed by atoms with Crippen molar-refractivity contribution in [2.75, 3.05) is 0 Å². The summed E-state index contributed by atoms with van der Waals surface area (Å²) in [6.45, 7) is 2.12. The molecular weight excluding hydrogens is 234 g/mol. The van der Waals surface area contributed by atoms with Crippen LogP contribution in [0.15, 0.2) is 35.2 Å². The molecule has 1 aliphatic rings. The topological polar surface area (TPSA) is 46.2 Å². The normalized spacial score (nSPS) is 25.7. The van der Waals surface area contributed by atoms with E-state index in [1.165, 1.54) is 6.42 Å². The lowest BCUT2D eigenvalue weighted by Gasteiger charge is -2.29. The second-order valence-electron chi connectivity index (χ2n) is 4.80. The molecule has 1 N–H and O–H groups in total. The van der Waals surface area contributed by atoms with Crippen LogP contribution in [-0.2, 0) is 10.0 Å². The van der Waals surface area contributed by atoms with Gasteiger partial charge >= 0.3 is 0 Å². The number of hydrogen-bond donors (Lipinski definition) is 1. The third-order valence-electron chi connectivity index (χ3n) is 3.47. The molecule has 2 atom stereocenters. The maximum atomic E-state index is 12.1. The average molecular weight is 253 g/mol. The van der Waals surface area contributed by atoms with Crippen molar-refractivity contribution in [3.8, 4) is 0 Å². The highest BCUT2D eigenvalue weighted by atomic mass is 32.2. The molecule has 0 bridgehead atoms. The van der Waals surface area contributed by atoms with Gasteiger partial charge in [-0.05, 0) is 30.9 Å². The Morgan fingerprint density at radius 3 is 2.41 bits per heavy atom. The van der Waals surface area contributed by atoms with Crippen molar-refractivity contribution in [2.45, 2.75) is 43.5 Å². The van der Waals surface area contributed by atoms with Gasteiger partial charge in [-0.15, -0.1) is 0 Å². The lowest BCUT2D eigenvalue weighted by molar-refractivity contribution is 0.310. The molecule has 0 amide bonds. The van der Waals surface area contributed by atoms with Crippen LogP contribution in [0.5, 0.6) is 0 Å². The SMILES string of the molecule is CC1CCCCC1NS(=O)(=O)c1ccccc1. The number of benzene rings is 1. The van der Waals surface area contributed by atoms with E-state index in [2.05, 4.69) is 11.6 Å². The fourth-order valence-corrected chi connectivity index (χ4v) is 3.76. The van der Waals surface area contributed by atoms with Crippen molar-refractivity contribution < 1.29 is 8.42 Å². The van der Waals surface area contributed by atoms with Gasteiger partial charge in [-0.3, -0.25) is 0 Å². The zero-order valence-corrected chi connectivity index (χ0v) is 10.9. The van der Waals surface area contributed by atoms with Gasteiger partial charge in [0.05, 0.1) is 4.90 Å². The zero-order chi connectivity index (χ0) is 12.3. The first-order valence-electron chi connectivity index (χ1n) is 6.17. The molecule has 0 radical (unpaired) electrons. The maximum absolute atomic E-state index is 12.1. The number of nitrogens with one attached hydrogen (secondary N) is 1. The van der Waals surface area contributed by atoms with Crippen LogP contribution in [0, 0.1) is 5.92 Å². The first-order valence-corrected chi connectivity index (χ1v) is 7.65. The number of hydrogen-bond acceptors (Lipinski definition) is 2.